The zero-order valence-electron chi connectivity index (χ0n) is 18.8. The third-order valence-corrected chi connectivity index (χ3v) is 6.06. The molecule has 0 saturated carbocycles. The highest BCUT2D eigenvalue weighted by Gasteiger charge is 2.52. The van der Waals surface area contributed by atoms with Gasteiger partial charge in [-0.15, -0.1) is 0 Å². The Bertz CT molecular complexity index is 1090. The quantitative estimate of drug-likeness (QED) is 0.562. The number of hydrogen-bond acceptors (Lipinski definition) is 3. The first-order valence-electron chi connectivity index (χ1n) is 11.0. The van der Waals surface area contributed by atoms with E-state index < -0.39 is 23.5 Å². The van der Waals surface area contributed by atoms with Crippen molar-refractivity contribution in [2.45, 2.75) is 38.5 Å². The van der Waals surface area contributed by atoms with E-state index in [-0.39, 0.29) is 5.91 Å². The summed E-state index contributed by atoms with van der Waals surface area (Å²) in [7, 11) is 0. The van der Waals surface area contributed by atoms with Crippen molar-refractivity contribution in [3.05, 3.63) is 108 Å². The monoisotopic (exact) mass is 441 g/mol. The van der Waals surface area contributed by atoms with Gasteiger partial charge in [0, 0.05) is 13.1 Å². The summed E-state index contributed by atoms with van der Waals surface area (Å²) in [6, 6.07) is 26.9. The molecule has 4 amide bonds. The number of nitrogens with one attached hydrogen (secondary N) is 1. The van der Waals surface area contributed by atoms with E-state index in [9.17, 15) is 14.4 Å². The van der Waals surface area contributed by atoms with Crippen LogP contribution in [0.2, 0.25) is 0 Å². The third-order valence-electron chi connectivity index (χ3n) is 6.06. The molecule has 33 heavy (non-hydrogen) atoms. The first-order chi connectivity index (χ1) is 15.9. The second-order valence-electron chi connectivity index (χ2n) is 8.44. The summed E-state index contributed by atoms with van der Waals surface area (Å²) < 4.78 is 0. The van der Waals surface area contributed by atoms with Gasteiger partial charge >= 0.3 is 6.03 Å². The van der Waals surface area contributed by atoms with Crippen LogP contribution < -0.4 is 5.32 Å². The predicted molar refractivity (Wildman–Crippen MR) is 126 cm³/mol. The van der Waals surface area contributed by atoms with Crippen LogP contribution in [0.3, 0.4) is 0 Å². The van der Waals surface area contributed by atoms with Crippen LogP contribution in [0.5, 0.6) is 0 Å². The van der Waals surface area contributed by atoms with Gasteiger partial charge in [0.05, 0.1) is 0 Å². The fourth-order valence-corrected chi connectivity index (χ4v) is 4.17. The van der Waals surface area contributed by atoms with Gasteiger partial charge in [0.15, 0.2) is 0 Å². The molecule has 1 saturated heterocycles. The number of imide groups is 1. The molecule has 0 bridgehead atoms. The van der Waals surface area contributed by atoms with Gasteiger partial charge in [0.1, 0.15) is 11.6 Å². The molecule has 0 aromatic heterocycles. The summed E-state index contributed by atoms with van der Waals surface area (Å²) in [6.45, 7) is 4.03. The SMILES string of the molecule is C[C@H](C(=O)N(Cc1ccccc1)Cc1ccccc1)N1C(=O)N[C@](C)(c2ccccc2)C1=O. The van der Waals surface area contributed by atoms with Crippen molar-refractivity contribution in [2.75, 3.05) is 0 Å². The highest BCUT2D eigenvalue weighted by molar-refractivity contribution is 6.09. The minimum atomic E-state index is -1.21. The number of carbonyl (C=O) groups is 3. The standard InChI is InChI=1S/C27H27N3O3/c1-20(30-25(32)27(2,28-26(30)33)23-16-10-5-11-17-23)24(31)29(18-21-12-6-3-7-13-21)19-22-14-8-4-9-15-22/h3-17,20H,18-19H2,1-2H3,(H,28,33)/t20-,27-/m1/s1. The molecule has 6 heteroatoms. The average molecular weight is 442 g/mol. The summed E-state index contributed by atoms with van der Waals surface area (Å²) in [6.07, 6.45) is 0. The zero-order valence-corrected chi connectivity index (χ0v) is 18.8. The van der Waals surface area contributed by atoms with Gasteiger partial charge in [0.2, 0.25) is 5.91 Å². The van der Waals surface area contributed by atoms with Gasteiger partial charge in [-0.05, 0) is 30.5 Å². The van der Waals surface area contributed by atoms with E-state index in [1.54, 1.807) is 30.9 Å². The van der Waals surface area contributed by atoms with Crippen LogP contribution in [0.15, 0.2) is 91.0 Å². The van der Waals surface area contributed by atoms with Crippen molar-refractivity contribution in [1.29, 1.82) is 0 Å². The zero-order chi connectivity index (χ0) is 23.4. The second kappa shape index (κ2) is 9.28. The van der Waals surface area contributed by atoms with E-state index in [0.717, 1.165) is 16.0 Å². The number of rotatable bonds is 7. The molecule has 2 atom stereocenters. The van der Waals surface area contributed by atoms with E-state index in [0.29, 0.717) is 18.7 Å². The molecule has 0 radical (unpaired) electrons. The van der Waals surface area contributed by atoms with Crippen molar-refractivity contribution in [3.8, 4) is 0 Å². The Morgan fingerprint density at radius 3 is 1.79 bits per heavy atom. The molecule has 3 aromatic rings. The molecular weight excluding hydrogens is 414 g/mol. The molecule has 1 aliphatic heterocycles. The summed E-state index contributed by atoms with van der Waals surface area (Å²) in [5.74, 6) is -0.720. The lowest BCUT2D eigenvalue weighted by Gasteiger charge is -2.30. The summed E-state index contributed by atoms with van der Waals surface area (Å²) >= 11 is 0. The van der Waals surface area contributed by atoms with Crippen LogP contribution in [0.1, 0.15) is 30.5 Å². The molecular formula is C27H27N3O3. The topological polar surface area (TPSA) is 69.7 Å². The van der Waals surface area contributed by atoms with Gasteiger partial charge in [-0.1, -0.05) is 91.0 Å². The summed E-state index contributed by atoms with van der Waals surface area (Å²) in [5.41, 5.74) is 1.41. The second-order valence-corrected chi connectivity index (χ2v) is 8.44. The molecule has 0 unspecified atom stereocenters. The lowest BCUT2D eigenvalue weighted by Crippen LogP contribution is -2.50. The van der Waals surface area contributed by atoms with E-state index in [1.807, 2.05) is 78.9 Å². The van der Waals surface area contributed by atoms with Gasteiger partial charge in [-0.2, -0.15) is 0 Å². The Balaban J connectivity index is 1.60. The molecule has 3 aromatic carbocycles. The molecule has 1 N–H and O–H groups in total. The van der Waals surface area contributed by atoms with E-state index in [1.165, 1.54) is 0 Å². The Labute approximate surface area is 193 Å². The lowest BCUT2D eigenvalue weighted by atomic mass is 9.92. The molecule has 1 aliphatic rings. The maximum Gasteiger partial charge on any atom is 0.326 e. The Hall–Kier alpha value is -3.93. The molecule has 0 aliphatic carbocycles. The highest BCUT2D eigenvalue weighted by atomic mass is 16.2. The number of nitrogens with zero attached hydrogens (tertiary/aromatic N) is 2. The Morgan fingerprint density at radius 2 is 1.30 bits per heavy atom. The van der Waals surface area contributed by atoms with Gasteiger partial charge < -0.3 is 10.2 Å². The van der Waals surface area contributed by atoms with E-state index in [4.69, 9.17) is 0 Å². The van der Waals surface area contributed by atoms with Crippen LogP contribution >= 0.6 is 0 Å². The molecule has 1 fully saturated rings. The van der Waals surface area contributed by atoms with Gasteiger partial charge in [-0.3, -0.25) is 9.59 Å². The molecule has 4 rings (SSSR count). The predicted octanol–water partition coefficient (Wildman–Crippen LogP) is 4.07. The summed E-state index contributed by atoms with van der Waals surface area (Å²) in [4.78, 5) is 42.6. The van der Waals surface area contributed by atoms with Crippen molar-refractivity contribution in [3.63, 3.8) is 0 Å². The minimum Gasteiger partial charge on any atom is -0.332 e. The fraction of sp³-hybridized carbons (Fsp3) is 0.222. The highest BCUT2D eigenvalue weighted by Crippen LogP contribution is 2.30. The Morgan fingerprint density at radius 1 is 0.848 bits per heavy atom. The number of amides is 4. The maximum absolute atomic E-state index is 13.6. The summed E-state index contributed by atoms with van der Waals surface area (Å²) in [5, 5.41) is 2.79. The van der Waals surface area contributed by atoms with Crippen molar-refractivity contribution in [1.82, 2.24) is 15.1 Å². The molecule has 1 heterocycles. The number of carbonyl (C=O) groups excluding carboxylic acids is 3. The first kappa shape index (κ1) is 22.3. The third kappa shape index (κ3) is 4.51. The normalized spacial score (nSPS) is 18.7. The molecule has 168 valence electrons. The first-order valence-corrected chi connectivity index (χ1v) is 11.0. The lowest BCUT2D eigenvalue weighted by molar-refractivity contribution is -0.143. The number of urea groups is 1. The molecule has 0 spiro atoms. The van der Waals surface area contributed by atoms with Crippen molar-refractivity contribution in [2.24, 2.45) is 0 Å². The smallest absolute Gasteiger partial charge is 0.326 e. The van der Waals surface area contributed by atoms with Crippen LogP contribution in [0.25, 0.3) is 0 Å². The van der Waals surface area contributed by atoms with Crippen molar-refractivity contribution < 1.29 is 14.4 Å². The number of hydrogen-bond donors (Lipinski definition) is 1. The maximum atomic E-state index is 13.6. The van der Waals surface area contributed by atoms with Gasteiger partial charge in [0.25, 0.3) is 5.91 Å². The van der Waals surface area contributed by atoms with E-state index in [2.05, 4.69) is 5.32 Å². The average Bonchev–Trinajstić information content (AvgIpc) is 3.08. The van der Waals surface area contributed by atoms with Crippen LogP contribution in [-0.2, 0) is 28.2 Å². The van der Waals surface area contributed by atoms with Crippen LogP contribution in [0, 0.1) is 0 Å². The van der Waals surface area contributed by atoms with Gasteiger partial charge in [-0.25, -0.2) is 9.69 Å². The van der Waals surface area contributed by atoms with Crippen LogP contribution in [-0.4, -0.2) is 33.7 Å². The minimum absolute atomic E-state index is 0.288. The largest absolute Gasteiger partial charge is 0.332 e. The Kier molecular flexibility index (Phi) is 6.27. The van der Waals surface area contributed by atoms with Crippen LogP contribution in [0.4, 0.5) is 4.79 Å². The van der Waals surface area contributed by atoms with Crippen molar-refractivity contribution >= 4 is 17.8 Å². The fourth-order valence-electron chi connectivity index (χ4n) is 4.17. The number of benzene rings is 3. The van der Waals surface area contributed by atoms with E-state index >= 15 is 0 Å². The molecule has 6 nitrogen and oxygen atoms in total.